The average Bonchev–Trinajstić information content (AvgIpc) is 3.16. The first-order valence-corrected chi connectivity index (χ1v) is 9.23. The van der Waals surface area contributed by atoms with E-state index in [4.69, 9.17) is 11.6 Å². The Hall–Kier alpha value is -3.33. The van der Waals surface area contributed by atoms with Crippen LogP contribution >= 0.6 is 11.6 Å². The monoisotopic (exact) mass is 433 g/mol. The molecule has 4 rings (SSSR count). The van der Waals surface area contributed by atoms with E-state index in [9.17, 15) is 18.0 Å². The number of nitrogens with one attached hydrogen (secondary N) is 2. The molecule has 154 valence electrons. The summed E-state index contributed by atoms with van der Waals surface area (Å²) in [5.41, 5.74) is 1.05. The summed E-state index contributed by atoms with van der Waals surface area (Å²) in [7, 11) is 0. The van der Waals surface area contributed by atoms with Gasteiger partial charge in [0.2, 0.25) is 5.95 Å². The summed E-state index contributed by atoms with van der Waals surface area (Å²) < 4.78 is 40.4. The summed E-state index contributed by atoms with van der Waals surface area (Å²) >= 11 is 5.88. The fourth-order valence-electron chi connectivity index (χ4n) is 3.28. The standard InChI is InChI=1S/C20H15ClF3N5O/c1-11-16(18(30)28-15-8-6-14(21)7-9-15)17(29-19(27-11)25-10-26-29)12-2-4-13(5-3-12)20(22,23)24/h2-10,17H,1H3,(H,28,30)(H,25,26,27)/t17-/m0/s1. The van der Waals surface area contributed by atoms with Crippen molar-refractivity contribution in [3.63, 3.8) is 0 Å². The number of carbonyl (C=O) groups is 1. The molecule has 3 aromatic rings. The zero-order chi connectivity index (χ0) is 21.5. The highest BCUT2D eigenvalue weighted by Crippen LogP contribution is 2.37. The second kappa shape index (κ2) is 7.49. The molecule has 30 heavy (non-hydrogen) atoms. The van der Waals surface area contributed by atoms with Gasteiger partial charge in [0.25, 0.3) is 5.91 Å². The van der Waals surface area contributed by atoms with Gasteiger partial charge in [0.1, 0.15) is 12.4 Å². The summed E-state index contributed by atoms with van der Waals surface area (Å²) in [5, 5.41) is 10.5. The predicted molar refractivity (Wildman–Crippen MR) is 106 cm³/mol. The Morgan fingerprint density at radius 3 is 2.43 bits per heavy atom. The smallest absolute Gasteiger partial charge is 0.328 e. The van der Waals surface area contributed by atoms with Crippen molar-refractivity contribution in [2.75, 3.05) is 10.6 Å². The van der Waals surface area contributed by atoms with Crippen molar-refractivity contribution >= 4 is 29.1 Å². The number of nitrogens with zero attached hydrogens (tertiary/aromatic N) is 3. The van der Waals surface area contributed by atoms with E-state index in [1.807, 2.05) is 0 Å². The molecule has 0 fully saturated rings. The van der Waals surface area contributed by atoms with Crippen LogP contribution in [0.15, 0.2) is 66.1 Å². The van der Waals surface area contributed by atoms with E-state index in [0.717, 1.165) is 12.1 Å². The minimum Gasteiger partial charge on any atom is -0.328 e. The van der Waals surface area contributed by atoms with Gasteiger partial charge >= 0.3 is 6.18 Å². The zero-order valence-electron chi connectivity index (χ0n) is 15.5. The second-order valence-electron chi connectivity index (χ2n) is 6.68. The first-order valence-electron chi connectivity index (χ1n) is 8.85. The van der Waals surface area contributed by atoms with Gasteiger partial charge in [0, 0.05) is 16.4 Å². The van der Waals surface area contributed by atoms with Gasteiger partial charge in [-0.05, 0) is 48.9 Å². The van der Waals surface area contributed by atoms with E-state index in [1.54, 1.807) is 31.2 Å². The summed E-state index contributed by atoms with van der Waals surface area (Å²) in [4.78, 5) is 17.2. The Balaban J connectivity index is 1.73. The van der Waals surface area contributed by atoms with Crippen LogP contribution in [0.1, 0.15) is 24.1 Å². The Morgan fingerprint density at radius 1 is 1.13 bits per heavy atom. The van der Waals surface area contributed by atoms with Crippen LogP contribution in [0.5, 0.6) is 0 Å². The molecule has 1 aliphatic heterocycles. The first kappa shape index (κ1) is 20.0. The molecular formula is C20H15ClF3N5O. The van der Waals surface area contributed by atoms with Gasteiger partial charge in [0.05, 0.1) is 11.1 Å². The highest BCUT2D eigenvalue weighted by atomic mass is 35.5. The highest BCUT2D eigenvalue weighted by molar-refractivity contribution is 6.30. The minimum atomic E-state index is -4.45. The van der Waals surface area contributed by atoms with E-state index < -0.39 is 23.7 Å². The molecule has 1 aliphatic rings. The number of rotatable bonds is 3. The Morgan fingerprint density at radius 2 is 1.80 bits per heavy atom. The number of anilines is 2. The quantitative estimate of drug-likeness (QED) is 0.617. The molecule has 2 aromatic carbocycles. The minimum absolute atomic E-state index is 0.308. The summed E-state index contributed by atoms with van der Waals surface area (Å²) in [6.45, 7) is 1.70. The molecule has 6 nitrogen and oxygen atoms in total. The van der Waals surface area contributed by atoms with Crippen molar-refractivity contribution < 1.29 is 18.0 Å². The molecule has 0 saturated carbocycles. The topological polar surface area (TPSA) is 71.8 Å². The third-order valence-electron chi connectivity index (χ3n) is 4.69. The molecule has 0 spiro atoms. The van der Waals surface area contributed by atoms with Gasteiger partial charge in [-0.15, -0.1) is 0 Å². The Bertz CT molecular complexity index is 1120. The largest absolute Gasteiger partial charge is 0.416 e. The highest BCUT2D eigenvalue weighted by Gasteiger charge is 2.35. The van der Waals surface area contributed by atoms with E-state index in [0.29, 0.717) is 33.5 Å². The second-order valence-corrected chi connectivity index (χ2v) is 7.11. The van der Waals surface area contributed by atoms with Crippen LogP contribution in [0.4, 0.5) is 24.8 Å². The van der Waals surface area contributed by atoms with E-state index >= 15 is 0 Å². The number of alkyl halides is 3. The van der Waals surface area contributed by atoms with Gasteiger partial charge < -0.3 is 10.6 Å². The average molecular weight is 434 g/mol. The molecular weight excluding hydrogens is 419 g/mol. The Labute approximate surface area is 174 Å². The van der Waals surface area contributed by atoms with E-state index in [2.05, 4.69) is 20.7 Å². The number of carbonyl (C=O) groups excluding carboxylic acids is 1. The van der Waals surface area contributed by atoms with Gasteiger partial charge in [-0.2, -0.15) is 23.3 Å². The number of fused-ring (bicyclic) bond motifs is 1. The van der Waals surface area contributed by atoms with Gasteiger partial charge in [-0.1, -0.05) is 23.7 Å². The molecule has 2 heterocycles. The fourth-order valence-corrected chi connectivity index (χ4v) is 3.41. The van der Waals surface area contributed by atoms with E-state index in [-0.39, 0.29) is 0 Å². The van der Waals surface area contributed by atoms with Crippen LogP contribution in [0.3, 0.4) is 0 Å². The molecule has 0 radical (unpaired) electrons. The normalized spacial score (nSPS) is 16.1. The number of benzene rings is 2. The van der Waals surface area contributed by atoms with Crippen molar-refractivity contribution in [2.24, 2.45) is 0 Å². The fraction of sp³-hybridized carbons (Fsp3) is 0.150. The third-order valence-corrected chi connectivity index (χ3v) is 4.95. The zero-order valence-corrected chi connectivity index (χ0v) is 16.3. The maximum absolute atomic E-state index is 13.1. The van der Waals surface area contributed by atoms with Gasteiger partial charge in [0.15, 0.2) is 0 Å². The summed E-state index contributed by atoms with van der Waals surface area (Å²) in [6, 6.07) is 10.5. The van der Waals surface area contributed by atoms with Crippen LogP contribution < -0.4 is 10.6 Å². The van der Waals surface area contributed by atoms with Crippen molar-refractivity contribution in [2.45, 2.75) is 19.1 Å². The van der Waals surface area contributed by atoms with Gasteiger partial charge in [-0.3, -0.25) is 4.79 Å². The van der Waals surface area contributed by atoms with Crippen LogP contribution in [-0.4, -0.2) is 20.7 Å². The lowest BCUT2D eigenvalue weighted by Gasteiger charge is -2.29. The molecule has 2 N–H and O–H groups in total. The lowest BCUT2D eigenvalue weighted by molar-refractivity contribution is -0.137. The van der Waals surface area contributed by atoms with Crippen LogP contribution in [0, 0.1) is 0 Å². The van der Waals surface area contributed by atoms with Crippen molar-refractivity contribution in [3.05, 3.63) is 82.3 Å². The lowest BCUT2D eigenvalue weighted by atomic mass is 9.94. The van der Waals surface area contributed by atoms with Gasteiger partial charge in [-0.25, -0.2) is 4.68 Å². The number of hydrogen-bond acceptors (Lipinski definition) is 4. The first-order chi connectivity index (χ1) is 14.2. The molecule has 1 atom stereocenters. The number of allylic oxidation sites excluding steroid dienone is 1. The molecule has 1 amide bonds. The molecule has 0 unspecified atom stereocenters. The lowest BCUT2D eigenvalue weighted by Crippen LogP contribution is -2.31. The number of aromatic nitrogens is 3. The maximum atomic E-state index is 13.1. The maximum Gasteiger partial charge on any atom is 0.416 e. The summed E-state index contributed by atoms with van der Waals surface area (Å²) in [6.07, 6.45) is -3.14. The third kappa shape index (κ3) is 3.76. The number of amides is 1. The van der Waals surface area contributed by atoms with Crippen LogP contribution in [-0.2, 0) is 11.0 Å². The molecule has 1 aromatic heterocycles. The summed E-state index contributed by atoms with van der Waals surface area (Å²) in [5.74, 6) is -0.0335. The Kier molecular flexibility index (Phi) is 4.98. The van der Waals surface area contributed by atoms with Crippen molar-refractivity contribution in [3.8, 4) is 0 Å². The SMILES string of the molecule is CC1=C(C(=O)Nc2ccc(Cl)cc2)[C@H](c2ccc(C(F)(F)F)cc2)n2ncnc2N1. The number of halogens is 4. The van der Waals surface area contributed by atoms with E-state index in [1.165, 1.54) is 23.1 Å². The van der Waals surface area contributed by atoms with Crippen molar-refractivity contribution in [1.82, 2.24) is 14.8 Å². The molecule has 10 heteroatoms. The molecule has 0 bridgehead atoms. The van der Waals surface area contributed by atoms with Crippen molar-refractivity contribution in [1.29, 1.82) is 0 Å². The molecule has 0 saturated heterocycles. The number of hydrogen-bond donors (Lipinski definition) is 2. The predicted octanol–water partition coefficient (Wildman–Crippen LogP) is 4.88. The molecule has 0 aliphatic carbocycles. The van der Waals surface area contributed by atoms with Crippen LogP contribution in [0.25, 0.3) is 0 Å². The van der Waals surface area contributed by atoms with Crippen LogP contribution in [0.2, 0.25) is 5.02 Å².